The topological polar surface area (TPSA) is 123 Å². The molecule has 3 amide bonds. The molecule has 0 aliphatic carbocycles. The predicted molar refractivity (Wildman–Crippen MR) is 85.8 cm³/mol. The van der Waals surface area contributed by atoms with E-state index in [1.807, 2.05) is 0 Å². The van der Waals surface area contributed by atoms with E-state index in [0.29, 0.717) is 18.7 Å². The molecule has 2 rings (SSSR count). The summed E-state index contributed by atoms with van der Waals surface area (Å²) in [5, 5.41) is 18.5. The zero-order valence-corrected chi connectivity index (χ0v) is 13.1. The summed E-state index contributed by atoms with van der Waals surface area (Å²) >= 11 is 0. The maximum absolute atomic E-state index is 11.8. The lowest BCUT2D eigenvalue weighted by Crippen LogP contribution is -2.49. The highest BCUT2D eigenvalue weighted by Gasteiger charge is 2.21. The number of nitro groups is 1. The van der Waals surface area contributed by atoms with Gasteiger partial charge in [0.05, 0.1) is 11.5 Å². The molecule has 24 heavy (non-hydrogen) atoms. The minimum atomic E-state index is -0.511. The summed E-state index contributed by atoms with van der Waals surface area (Å²) in [6.07, 6.45) is 2.42. The number of non-ortho nitro benzene ring substituents is 1. The summed E-state index contributed by atoms with van der Waals surface area (Å²) < 4.78 is 5.38. The Bertz CT molecular complexity index is 590. The van der Waals surface area contributed by atoms with Crippen LogP contribution in [0.15, 0.2) is 24.3 Å². The quantitative estimate of drug-likeness (QED) is 0.405. The predicted octanol–water partition coefficient (Wildman–Crippen LogP) is 0.941. The van der Waals surface area contributed by atoms with Crippen molar-refractivity contribution in [3.05, 3.63) is 34.4 Å². The van der Waals surface area contributed by atoms with Gasteiger partial charge in [0.1, 0.15) is 18.4 Å². The third-order valence-corrected chi connectivity index (χ3v) is 3.54. The minimum absolute atomic E-state index is 0.0125. The van der Waals surface area contributed by atoms with Crippen LogP contribution in [0.4, 0.5) is 10.5 Å². The van der Waals surface area contributed by atoms with Crippen LogP contribution in [0.2, 0.25) is 0 Å². The van der Waals surface area contributed by atoms with E-state index in [4.69, 9.17) is 4.74 Å². The van der Waals surface area contributed by atoms with Gasteiger partial charge in [-0.1, -0.05) is 0 Å². The summed E-state index contributed by atoms with van der Waals surface area (Å²) in [6.45, 7) is 1.10. The van der Waals surface area contributed by atoms with Crippen LogP contribution in [0.1, 0.15) is 19.3 Å². The van der Waals surface area contributed by atoms with Crippen LogP contribution in [0, 0.1) is 10.1 Å². The minimum Gasteiger partial charge on any atom is -0.492 e. The molecule has 1 unspecified atom stereocenters. The van der Waals surface area contributed by atoms with E-state index in [9.17, 15) is 19.7 Å². The second-order valence-electron chi connectivity index (χ2n) is 5.34. The fraction of sp³-hybridized carbons (Fsp3) is 0.467. The van der Waals surface area contributed by atoms with Crippen LogP contribution in [0.25, 0.3) is 0 Å². The van der Waals surface area contributed by atoms with Crippen molar-refractivity contribution in [1.29, 1.82) is 0 Å². The molecule has 1 aromatic carbocycles. The molecule has 1 fully saturated rings. The van der Waals surface area contributed by atoms with Crippen molar-refractivity contribution in [1.82, 2.24) is 16.0 Å². The van der Waals surface area contributed by atoms with Gasteiger partial charge in [0.15, 0.2) is 0 Å². The van der Waals surface area contributed by atoms with Gasteiger partial charge in [-0.25, -0.2) is 4.79 Å². The number of urea groups is 1. The van der Waals surface area contributed by atoms with Gasteiger partial charge < -0.3 is 20.7 Å². The molecule has 0 radical (unpaired) electrons. The van der Waals surface area contributed by atoms with Gasteiger partial charge in [-0.2, -0.15) is 0 Å². The molecule has 1 aliphatic heterocycles. The second-order valence-corrected chi connectivity index (χ2v) is 5.34. The van der Waals surface area contributed by atoms with Gasteiger partial charge in [-0.3, -0.25) is 14.9 Å². The second kappa shape index (κ2) is 8.70. The van der Waals surface area contributed by atoms with Gasteiger partial charge in [0, 0.05) is 18.7 Å². The average molecular weight is 336 g/mol. The largest absolute Gasteiger partial charge is 0.492 e. The lowest BCUT2D eigenvalue weighted by atomic mass is 10.1. The molecular weight excluding hydrogens is 316 g/mol. The smallest absolute Gasteiger partial charge is 0.315 e. The molecule has 9 heteroatoms. The lowest BCUT2D eigenvalue weighted by molar-refractivity contribution is -0.384. The summed E-state index contributed by atoms with van der Waals surface area (Å²) in [7, 11) is 0. The Balaban J connectivity index is 1.67. The first-order chi connectivity index (χ1) is 11.6. The summed E-state index contributed by atoms with van der Waals surface area (Å²) in [4.78, 5) is 33.5. The van der Waals surface area contributed by atoms with Gasteiger partial charge in [0.25, 0.3) is 5.69 Å². The fourth-order valence-electron chi connectivity index (χ4n) is 2.28. The van der Waals surface area contributed by atoms with E-state index in [0.717, 1.165) is 12.8 Å². The van der Waals surface area contributed by atoms with Gasteiger partial charge in [-0.15, -0.1) is 0 Å². The Morgan fingerprint density at radius 1 is 1.33 bits per heavy atom. The van der Waals surface area contributed by atoms with Gasteiger partial charge in [-0.05, 0) is 31.4 Å². The first-order valence-corrected chi connectivity index (χ1v) is 7.75. The zero-order valence-electron chi connectivity index (χ0n) is 13.1. The Morgan fingerprint density at radius 3 is 2.79 bits per heavy atom. The van der Waals surface area contributed by atoms with Gasteiger partial charge in [0.2, 0.25) is 5.91 Å². The molecular formula is C15H20N4O5. The van der Waals surface area contributed by atoms with Crippen LogP contribution in [0.3, 0.4) is 0 Å². The van der Waals surface area contributed by atoms with Crippen molar-refractivity contribution in [3.63, 3.8) is 0 Å². The number of nitro benzene ring substituents is 1. The average Bonchev–Trinajstić information content (AvgIpc) is 2.77. The monoisotopic (exact) mass is 336 g/mol. The molecule has 0 spiro atoms. The summed E-state index contributed by atoms with van der Waals surface area (Å²) in [6, 6.07) is 4.75. The number of hydrogen-bond donors (Lipinski definition) is 3. The van der Waals surface area contributed by atoms with E-state index in [2.05, 4.69) is 16.0 Å². The van der Waals surface area contributed by atoms with Gasteiger partial charge >= 0.3 is 6.03 Å². The Hall–Kier alpha value is -2.84. The molecule has 1 aliphatic rings. The molecule has 1 atom stereocenters. The number of hydrogen-bond acceptors (Lipinski definition) is 5. The lowest BCUT2D eigenvalue weighted by Gasteiger charge is -2.15. The number of nitrogens with one attached hydrogen (secondary N) is 3. The zero-order chi connectivity index (χ0) is 17.4. The van der Waals surface area contributed by atoms with Crippen molar-refractivity contribution in [2.24, 2.45) is 0 Å². The van der Waals surface area contributed by atoms with Crippen molar-refractivity contribution < 1.29 is 19.2 Å². The molecule has 1 saturated heterocycles. The Morgan fingerprint density at radius 2 is 2.08 bits per heavy atom. The standard InChI is InChI=1S/C15H20N4O5/c20-14-13(3-1-2-8-16-14)18-15(21)17-9-10-24-12-6-4-11(5-7-12)19(22)23/h4-7,13H,1-3,8-10H2,(H,16,20)(H2,17,18,21). The molecule has 1 heterocycles. The molecule has 130 valence electrons. The van der Waals surface area contributed by atoms with Crippen LogP contribution >= 0.6 is 0 Å². The Kier molecular flexibility index (Phi) is 6.35. The number of benzene rings is 1. The molecule has 0 aromatic heterocycles. The van der Waals surface area contributed by atoms with E-state index >= 15 is 0 Å². The number of amides is 3. The van der Waals surface area contributed by atoms with E-state index in [1.165, 1.54) is 24.3 Å². The van der Waals surface area contributed by atoms with Crippen LogP contribution < -0.4 is 20.7 Å². The normalized spacial score (nSPS) is 17.3. The third kappa shape index (κ3) is 5.41. The van der Waals surface area contributed by atoms with Crippen molar-refractivity contribution in [3.8, 4) is 5.75 Å². The van der Waals surface area contributed by atoms with Crippen molar-refractivity contribution in [2.75, 3.05) is 19.7 Å². The number of rotatable bonds is 6. The van der Waals surface area contributed by atoms with E-state index in [1.54, 1.807) is 0 Å². The first kappa shape index (κ1) is 17.5. The molecule has 3 N–H and O–H groups in total. The van der Waals surface area contributed by atoms with Crippen LogP contribution in [0.5, 0.6) is 5.75 Å². The number of carbonyl (C=O) groups excluding carboxylic acids is 2. The SMILES string of the molecule is O=C(NCCOc1ccc([N+](=O)[O-])cc1)NC1CCCCNC1=O. The highest BCUT2D eigenvalue weighted by atomic mass is 16.6. The highest BCUT2D eigenvalue weighted by molar-refractivity contribution is 5.87. The first-order valence-electron chi connectivity index (χ1n) is 7.75. The number of nitrogens with zero attached hydrogens (tertiary/aromatic N) is 1. The maximum atomic E-state index is 11.8. The third-order valence-electron chi connectivity index (χ3n) is 3.54. The summed E-state index contributed by atoms with van der Waals surface area (Å²) in [5.74, 6) is 0.315. The molecule has 0 bridgehead atoms. The van der Waals surface area contributed by atoms with Crippen LogP contribution in [-0.4, -0.2) is 42.6 Å². The van der Waals surface area contributed by atoms with E-state index < -0.39 is 17.0 Å². The van der Waals surface area contributed by atoms with Crippen molar-refractivity contribution in [2.45, 2.75) is 25.3 Å². The fourth-order valence-corrected chi connectivity index (χ4v) is 2.28. The summed E-state index contributed by atoms with van der Waals surface area (Å²) in [5.41, 5.74) is -0.0125. The molecule has 1 aromatic rings. The maximum Gasteiger partial charge on any atom is 0.315 e. The Labute approximate surface area is 138 Å². The highest BCUT2D eigenvalue weighted by Crippen LogP contribution is 2.16. The van der Waals surface area contributed by atoms with Crippen LogP contribution in [-0.2, 0) is 4.79 Å². The molecule has 9 nitrogen and oxygen atoms in total. The number of carbonyl (C=O) groups is 2. The van der Waals surface area contributed by atoms with E-state index in [-0.39, 0.29) is 24.7 Å². The molecule has 0 saturated carbocycles. The number of ether oxygens (including phenoxy) is 1. The van der Waals surface area contributed by atoms with Crippen molar-refractivity contribution >= 4 is 17.6 Å².